The summed E-state index contributed by atoms with van der Waals surface area (Å²) in [7, 11) is 1.19. The zero-order valence-electron chi connectivity index (χ0n) is 10.9. The standard InChI is InChI=1S/C13H18FNO4/c1-13(18,8-16)7-15-6-9-3-4-10(11(14)5-9)12(17)19-2/h3-5,15-16,18H,6-8H2,1-2H3. The molecule has 0 saturated heterocycles. The number of halogens is 1. The first-order chi connectivity index (χ1) is 8.89. The van der Waals surface area contributed by atoms with Crippen molar-refractivity contribution in [2.45, 2.75) is 19.1 Å². The Hall–Kier alpha value is -1.50. The van der Waals surface area contributed by atoms with Crippen LogP contribution in [0.3, 0.4) is 0 Å². The first-order valence-electron chi connectivity index (χ1n) is 5.80. The van der Waals surface area contributed by atoms with E-state index in [1.807, 2.05) is 0 Å². The Bertz CT molecular complexity index is 448. The second-order valence-corrected chi connectivity index (χ2v) is 4.56. The molecule has 0 fully saturated rings. The number of aliphatic hydroxyl groups is 2. The SMILES string of the molecule is COC(=O)c1ccc(CNCC(C)(O)CO)cc1F. The molecule has 5 nitrogen and oxygen atoms in total. The van der Waals surface area contributed by atoms with E-state index in [0.717, 1.165) is 0 Å². The van der Waals surface area contributed by atoms with Crippen LogP contribution in [0.5, 0.6) is 0 Å². The van der Waals surface area contributed by atoms with Crippen LogP contribution in [0.2, 0.25) is 0 Å². The fraction of sp³-hybridized carbons (Fsp3) is 0.462. The molecule has 1 rings (SSSR count). The van der Waals surface area contributed by atoms with Gasteiger partial charge in [0.1, 0.15) is 5.82 Å². The third kappa shape index (κ3) is 4.59. The fourth-order valence-corrected chi connectivity index (χ4v) is 1.48. The highest BCUT2D eigenvalue weighted by atomic mass is 19.1. The number of methoxy groups -OCH3 is 1. The molecular weight excluding hydrogens is 253 g/mol. The minimum atomic E-state index is -1.22. The van der Waals surface area contributed by atoms with Gasteiger partial charge in [-0.2, -0.15) is 0 Å². The molecule has 0 amide bonds. The van der Waals surface area contributed by atoms with Crippen molar-refractivity contribution in [2.24, 2.45) is 0 Å². The largest absolute Gasteiger partial charge is 0.465 e. The molecule has 1 aromatic rings. The molecule has 0 bridgehead atoms. The summed E-state index contributed by atoms with van der Waals surface area (Å²) >= 11 is 0. The third-order valence-electron chi connectivity index (χ3n) is 2.61. The van der Waals surface area contributed by atoms with Crippen LogP contribution >= 0.6 is 0 Å². The number of aliphatic hydroxyl groups excluding tert-OH is 1. The van der Waals surface area contributed by atoms with E-state index in [0.29, 0.717) is 12.1 Å². The van der Waals surface area contributed by atoms with Crippen molar-refractivity contribution >= 4 is 5.97 Å². The zero-order chi connectivity index (χ0) is 14.5. The van der Waals surface area contributed by atoms with Crippen molar-refractivity contribution in [2.75, 3.05) is 20.3 Å². The maximum atomic E-state index is 13.6. The van der Waals surface area contributed by atoms with Crippen LogP contribution in [0.4, 0.5) is 4.39 Å². The van der Waals surface area contributed by atoms with E-state index < -0.39 is 17.4 Å². The van der Waals surface area contributed by atoms with Crippen LogP contribution < -0.4 is 5.32 Å². The van der Waals surface area contributed by atoms with E-state index in [1.54, 1.807) is 6.07 Å². The lowest BCUT2D eigenvalue weighted by atomic mass is 10.1. The molecule has 0 aliphatic rings. The number of ether oxygens (including phenoxy) is 1. The van der Waals surface area contributed by atoms with Crippen molar-refractivity contribution in [3.05, 3.63) is 35.1 Å². The van der Waals surface area contributed by atoms with E-state index >= 15 is 0 Å². The van der Waals surface area contributed by atoms with Crippen molar-refractivity contribution in [3.63, 3.8) is 0 Å². The Kier molecular flexibility index (Phi) is 5.41. The minimum absolute atomic E-state index is 0.117. The van der Waals surface area contributed by atoms with Gasteiger partial charge in [0.15, 0.2) is 0 Å². The number of nitrogens with one attached hydrogen (secondary N) is 1. The zero-order valence-corrected chi connectivity index (χ0v) is 10.9. The van der Waals surface area contributed by atoms with Crippen LogP contribution in [0.25, 0.3) is 0 Å². The van der Waals surface area contributed by atoms with Crippen molar-refractivity contribution in [1.29, 1.82) is 0 Å². The summed E-state index contributed by atoms with van der Waals surface area (Å²) in [5.41, 5.74) is -0.711. The van der Waals surface area contributed by atoms with Gasteiger partial charge in [-0.3, -0.25) is 0 Å². The van der Waals surface area contributed by atoms with Gasteiger partial charge in [-0.1, -0.05) is 6.07 Å². The van der Waals surface area contributed by atoms with Gasteiger partial charge < -0.3 is 20.3 Å². The predicted molar refractivity (Wildman–Crippen MR) is 67.2 cm³/mol. The maximum Gasteiger partial charge on any atom is 0.340 e. The lowest BCUT2D eigenvalue weighted by molar-refractivity contribution is 0.00253. The lowest BCUT2D eigenvalue weighted by Gasteiger charge is -2.20. The number of esters is 1. The Balaban J connectivity index is 2.62. The molecule has 6 heteroatoms. The van der Waals surface area contributed by atoms with Crippen LogP contribution in [-0.4, -0.2) is 42.0 Å². The summed E-state index contributed by atoms with van der Waals surface area (Å²) < 4.78 is 18.0. The highest BCUT2D eigenvalue weighted by molar-refractivity contribution is 5.89. The number of rotatable bonds is 6. The van der Waals surface area contributed by atoms with Crippen LogP contribution in [0.1, 0.15) is 22.8 Å². The summed E-state index contributed by atoms with van der Waals surface area (Å²) in [6, 6.07) is 4.17. The number of hydrogen-bond donors (Lipinski definition) is 3. The summed E-state index contributed by atoms with van der Waals surface area (Å²) in [4.78, 5) is 11.2. The van der Waals surface area contributed by atoms with Gasteiger partial charge in [0.25, 0.3) is 0 Å². The highest BCUT2D eigenvalue weighted by Crippen LogP contribution is 2.12. The van der Waals surface area contributed by atoms with Crippen LogP contribution in [-0.2, 0) is 11.3 Å². The lowest BCUT2D eigenvalue weighted by Crippen LogP contribution is -2.40. The molecule has 1 aromatic carbocycles. The average Bonchev–Trinajstić information content (AvgIpc) is 2.38. The number of carbonyl (C=O) groups excluding carboxylic acids is 1. The quantitative estimate of drug-likeness (QED) is 0.655. The Labute approximate surface area is 111 Å². The Morgan fingerprint density at radius 3 is 2.74 bits per heavy atom. The molecule has 0 radical (unpaired) electrons. The molecule has 106 valence electrons. The summed E-state index contributed by atoms with van der Waals surface area (Å²) in [5, 5.41) is 21.3. The number of hydrogen-bond acceptors (Lipinski definition) is 5. The molecular formula is C13H18FNO4. The maximum absolute atomic E-state index is 13.6. The third-order valence-corrected chi connectivity index (χ3v) is 2.61. The molecule has 0 aliphatic carbocycles. The number of carbonyl (C=O) groups is 1. The van der Waals surface area contributed by atoms with Crippen LogP contribution in [0.15, 0.2) is 18.2 Å². The topological polar surface area (TPSA) is 78.8 Å². The van der Waals surface area contributed by atoms with E-state index in [1.165, 1.54) is 26.2 Å². The van der Waals surface area contributed by atoms with E-state index in [2.05, 4.69) is 10.1 Å². The first kappa shape index (κ1) is 15.6. The van der Waals surface area contributed by atoms with Gasteiger partial charge in [-0.15, -0.1) is 0 Å². The molecule has 0 spiro atoms. The molecule has 0 saturated carbocycles. The van der Waals surface area contributed by atoms with Crippen molar-refractivity contribution in [3.8, 4) is 0 Å². The van der Waals surface area contributed by atoms with Crippen molar-refractivity contribution in [1.82, 2.24) is 5.32 Å². The van der Waals surface area contributed by atoms with Crippen LogP contribution in [0, 0.1) is 5.82 Å². The Morgan fingerprint density at radius 2 is 2.21 bits per heavy atom. The summed E-state index contributed by atoms with van der Waals surface area (Å²) in [5.74, 6) is -1.37. The molecule has 1 unspecified atom stereocenters. The average molecular weight is 271 g/mol. The Morgan fingerprint density at radius 1 is 1.53 bits per heavy atom. The smallest absolute Gasteiger partial charge is 0.340 e. The van der Waals surface area contributed by atoms with E-state index in [9.17, 15) is 14.3 Å². The minimum Gasteiger partial charge on any atom is -0.465 e. The molecule has 0 heterocycles. The van der Waals surface area contributed by atoms with Gasteiger partial charge >= 0.3 is 5.97 Å². The van der Waals surface area contributed by atoms with Gasteiger partial charge in [0.05, 0.1) is 24.9 Å². The first-order valence-corrected chi connectivity index (χ1v) is 5.80. The second-order valence-electron chi connectivity index (χ2n) is 4.56. The number of benzene rings is 1. The van der Waals surface area contributed by atoms with Gasteiger partial charge in [0, 0.05) is 13.1 Å². The van der Waals surface area contributed by atoms with E-state index in [-0.39, 0.29) is 18.7 Å². The van der Waals surface area contributed by atoms with Gasteiger partial charge in [-0.05, 0) is 24.6 Å². The molecule has 0 aromatic heterocycles. The predicted octanol–water partition coefficient (Wildman–Crippen LogP) is 0.445. The van der Waals surface area contributed by atoms with Gasteiger partial charge in [0.2, 0.25) is 0 Å². The van der Waals surface area contributed by atoms with E-state index in [4.69, 9.17) is 5.11 Å². The second kappa shape index (κ2) is 6.60. The molecule has 0 aliphatic heterocycles. The molecule has 3 N–H and O–H groups in total. The molecule has 1 atom stereocenters. The van der Waals surface area contributed by atoms with Gasteiger partial charge in [-0.25, -0.2) is 9.18 Å². The molecule has 19 heavy (non-hydrogen) atoms. The monoisotopic (exact) mass is 271 g/mol. The van der Waals surface area contributed by atoms with Crippen molar-refractivity contribution < 1.29 is 24.1 Å². The normalized spacial score (nSPS) is 13.9. The fourth-order valence-electron chi connectivity index (χ4n) is 1.48. The summed E-state index contributed by atoms with van der Waals surface area (Å²) in [6.45, 7) is 1.61. The summed E-state index contributed by atoms with van der Waals surface area (Å²) in [6.07, 6.45) is 0. The highest BCUT2D eigenvalue weighted by Gasteiger charge is 2.18.